The van der Waals surface area contributed by atoms with Crippen LogP contribution in [-0.2, 0) is 4.79 Å². The van der Waals surface area contributed by atoms with Crippen molar-refractivity contribution in [2.45, 2.75) is 39.7 Å². The molecule has 15 heavy (non-hydrogen) atoms. The maximum Gasteiger partial charge on any atom is 0.239 e. The van der Waals surface area contributed by atoms with Gasteiger partial charge in [-0.05, 0) is 31.7 Å². The van der Waals surface area contributed by atoms with Gasteiger partial charge in [0.05, 0.1) is 6.04 Å². The van der Waals surface area contributed by atoms with Crippen molar-refractivity contribution in [3.8, 4) is 0 Å². The molecule has 2 atom stereocenters. The predicted molar refractivity (Wildman–Crippen MR) is 62.7 cm³/mol. The highest BCUT2D eigenvalue weighted by Crippen LogP contribution is 2.19. The summed E-state index contributed by atoms with van der Waals surface area (Å²) in [6.07, 6.45) is 2.28. The van der Waals surface area contributed by atoms with Gasteiger partial charge >= 0.3 is 0 Å². The Labute approximate surface area is 93.2 Å². The number of carbonyl (C=O) groups excluding carboxylic acids is 1. The molecular weight excluding hydrogens is 188 g/mol. The van der Waals surface area contributed by atoms with Gasteiger partial charge in [0.2, 0.25) is 5.91 Å². The molecule has 0 aliphatic carbocycles. The highest BCUT2D eigenvalue weighted by atomic mass is 16.2. The molecular formula is C12H24N2O. The molecule has 1 aliphatic heterocycles. The largest absolute Gasteiger partial charge is 0.341 e. The molecule has 0 spiro atoms. The molecule has 1 heterocycles. The molecule has 88 valence electrons. The second kappa shape index (κ2) is 5.50. The van der Waals surface area contributed by atoms with Gasteiger partial charge in [-0.15, -0.1) is 0 Å². The molecule has 0 saturated carbocycles. The molecule has 1 N–H and O–H groups in total. The summed E-state index contributed by atoms with van der Waals surface area (Å²) in [6, 6.07) is 0.0197. The van der Waals surface area contributed by atoms with Gasteiger partial charge in [0, 0.05) is 13.1 Å². The molecule has 0 aromatic heterocycles. The first-order valence-corrected chi connectivity index (χ1v) is 6.02. The van der Waals surface area contributed by atoms with Gasteiger partial charge in [-0.25, -0.2) is 0 Å². The van der Waals surface area contributed by atoms with E-state index in [0.717, 1.165) is 25.9 Å². The third kappa shape index (κ3) is 3.20. The van der Waals surface area contributed by atoms with E-state index in [1.165, 1.54) is 0 Å². The highest BCUT2D eigenvalue weighted by Gasteiger charge is 2.30. The first-order valence-electron chi connectivity index (χ1n) is 6.02. The second-order valence-corrected chi connectivity index (χ2v) is 5.06. The van der Waals surface area contributed by atoms with Crippen LogP contribution in [0.15, 0.2) is 0 Å². The molecule has 3 nitrogen and oxygen atoms in total. The van der Waals surface area contributed by atoms with Gasteiger partial charge in [0.1, 0.15) is 0 Å². The van der Waals surface area contributed by atoms with Crippen LogP contribution in [0.2, 0.25) is 0 Å². The highest BCUT2D eigenvalue weighted by molar-refractivity contribution is 5.82. The van der Waals surface area contributed by atoms with E-state index in [4.69, 9.17) is 0 Å². The van der Waals surface area contributed by atoms with Gasteiger partial charge in [-0.3, -0.25) is 4.79 Å². The monoisotopic (exact) mass is 212 g/mol. The van der Waals surface area contributed by atoms with Crippen molar-refractivity contribution in [1.82, 2.24) is 10.2 Å². The fourth-order valence-corrected chi connectivity index (χ4v) is 2.35. The number of likely N-dealkylation sites (tertiary alicyclic amines) is 1. The van der Waals surface area contributed by atoms with Crippen LogP contribution in [0.4, 0.5) is 0 Å². The number of rotatable bonds is 3. The van der Waals surface area contributed by atoms with Crippen LogP contribution in [-0.4, -0.2) is 37.0 Å². The van der Waals surface area contributed by atoms with Gasteiger partial charge < -0.3 is 10.2 Å². The maximum absolute atomic E-state index is 12.2. The summed E-state index contributed by atoms with van der Waals surface area (Å²) in [7, 11) is 1.89. The minimum Gasteiger partial charge on any atom is -0.341 e. The zero-order valence-corrected chi connectivity index (χ0v) is 10.4. The Balaban J connectivity index is 2.69. The summed E-state index contributed by atoms with van der Waals surface area (Å²) in [5, 5.41) is 3.16. The Morgan fingerprint density at radius 3 is 2.73 bits per heavy atom. The third-order valence-corrected chi connectivity index (χ3v) is 3.13. The van der Waals surface area contributed by atoms with E-state index < -0.39 is 0 Å². The number of hydrogen-bond acceptors (Lipinski definition) is 2. The number of nitrogens with zero attached hydrogens (tertiary/aromatic N) is 1. The van der Waals surface area contributed by atoms with Gasteiger partial charge in [0.15, 0.2) is 0 Å². The molecule has 0 aromatic rings. The molecule has 1 fully saturated rings. The maximum atomic E-state index is 12.2. The van der Waals surface area contributed by atoms with Crippen molar-refractivity contribution in [3.05, 3.63) is 0 Å². The quantitative estimate of drug-likeness (QED) is 0.768. The lowest BCUT2D eigenvalue weighted by atomic mass is 9.98. The number of amides is 1. The van der Waals surface area contributed by atoms with Gasteiger partial charge in [0.25, 0.3) is 0 Å². The summed E-state index contributed by atoms with van der Waals surface area (Å²) in [6.45, 7) is 8.31. The summed E-state index contributed by atoms with van der Waals surface area (Å²) < 4.78 is 0. The van der Waals surface area contributed by atoms with Crippen LogP contribution < -0.4 is 5.32 Å². The van der Waals surface area contributed by atoms with Crippen molar-refractivity contribution in [2.24, 2.45) is 11.8 Å². The molecule has 1 rings (SSSR count). The van der Waals surface area contributed by atoms with Gasteiger partial charge in [-0.1, -0.05) is 20.8 Å². The minimum absolute atomic E-state index is 0.0197. The Bertz CT molecular complexity index is 216. The zero-order chi connectivity index (χ0) is 11.4. The zero-order valence-electron chi connectivity index (χ0n) is 10.4. The molecule has 0 bridgehead atoms. The first-order chi connectivity index (χ1) is 7.06. The van der Waals surface area contributed by atoms with Crippen molar-refractivity contribution in [1.29, 1.82) is 0 Å². The van der Waals surface area contributed by atoms with Crippen molar-refractivity contribution in [2.75, 3.05) is 20.1 Å². The number of carbonyl (C=O) groups is 1. The van der Waals surface area contributed by atoms with Gasteiger partial charge in [-0.2, -0.15) is 0 Å². The Morgan fingerprint density at radius 2 is 2.20 bits per heavy atom. The van der Waals surface area contributed by atoms with Crippen molar-refractivity contribution < 1.29 is 4.79 Å². The molecule has 2 unspecified atom stereocenters. The van der Waals surface area contributed by atoms with E-state index in [9.17, 15) is 4.79 Å². The fourth-order valence-electron chi connectivity index (χ4n) is 2.35. The lowest BCUT2D eigenvalue weighted by Crippen LogP contribution is -2.47. The summed E-state index contributed by atoms with van der Waals surface area (Å²) in [4.78, 5) is 14.2. The lowest BCUT2D eigenvalue weighted by Gasteiger charge is -2.27. The van der Waals surface area contributed by atoms with E-state index in [1.54, 1.807) is 0 Å². The smallest absolute Gasteiger partial charge is 0.239 e. The first kappa shape index (κ1) is 12.5. The number of hydrogen-bond donors (Lipinski definition) is 1. The van der Waals surface area contributed by atoms with Crippen LogP contribution in [0.1, 0.15) is 33.6 Å². The Kier molecular flexibility index (Phi) is 4.58. The van der Waals surface area contributed by atoms with Crippen LogP contribution in [0.3, 0.4) is 0 Å². The SMILES string of the molecule is CNC1C(=O)N(CC(C)C)CCCC1C. The summed E-state index contributed by atoms with van der Waals surface area (Å²) in [5.74, 6) is 1.30. The van der Waals surface area contributed by atoms with Crippen LogP contribution in [0, 0.1) is 11.8 Å². The second-order valence-electron chi connectivity index (χ2n) is 5.06. The Morgan fingerprint density at radius 1 is 1.53 bits per heavy atom. The summed E-state index contributed by atoms with van der Waals surface area (Å²) >= 11 is 0. The molecule has 0 aromatic carbocycles. The van der Waals surface area contributed by atoms with Crippen LogP contribution >= 0.6 is 0 Å². The van der Waals surface area contributed by atoms with Crippen LogP contribution in [0.5, 0.6) is 0 Å². The molecule has 1 amide bonds. The standard InChI is InChI=1S/C12H24N2O/c1-9(2)8-14-7-5-6-10(3)11(13-4)12(14)15/h9-11,13H,5-8H2,1-4H3. The van der Waals surface area contributed by atoms with E-state index >= 15 is 0 Å². The molecule has 0 radical (unpaired) electrons. The molecule has 1 aliphatic rings. The normalized spacial score (nSPS) is 28.3. The van der Waals surface area contributed by atoms with E-state index in [1.807, 2.05) is 11.9 Å². The van der Waals surface area contributed by atoms with E-state index in [2.05, 4.69) is 26.1 Å². The molecule has 1 saturated heterocycles. The third-order valence-electron chi connectivity index (χ3n) is 3.13. The number of likely N-dealkylation sites (N-methyl/N-ethyl adjacent to an activating group) is 1. The minimum atomic E-state index is 0.0197. The number of nitrogens with one attached hydrogen (secondary N) is 1. The predicted octanol–water partition coefficient (Wildman–Crippen LogP) is 1.49. The van der Waals surface area contributed by atoms with Crippen LogP contribution in [0.25, 0.3) is 0 Å². The van der Waals surface area contributed by atoms with E-state index in [-0.39, 0.29) is 11.9 Å². The van der Waals surface area contributed by atoms with Crippen molar-refractivity contribution in [3.63, 3.8) is 0 Å². The average molecular weight is 212 g/mol. The van der Waals surface area contributed by atoms with Crippen molar-refractivity contribution >= 4 is 5.91 Å². The lowest BCUT2D eigenvalue weighted by molar-refractivity contribution is -0.134. The summed E-state index contributed by atoms with van der Waals surface area (Å²) in [5.41, 5.74) is 0. The Hall–Kier alpha value is -0.570. The topological polar surface area (TPSA) is 32.3 Å². The molecule has 3 heteroatoms. The average Bonchev–Trinajstić information content (AvgIpc) is 2.27. The fraction of sp³-hybridized carbons (Fsp3) is 0.917. The van der Waals surface area contributed by atoms with E-state index in [0.29, 0.717) is 11.8 Å².